The van der Waals surface area contributed by atoms with Gasteiger partial charge in [-0.05, 0) is 83.8 Å². The van der Waals surface area contributed by atoms with Crippen LogP contribution in [0.3, 0.4) is 0 Å². The number of alkyl halides is 6. The molecular weight excluding hydrogens is 1110 g/mol. The number of rotatable bonds is 32. The first-order valence-corrected chi connectivity index (χ1v) is 27.8. The number of amides is 3. The highest BCUT2D eigenvalue weighted by atomic mass is 35.5. The van der Waals surface area contributed by atoms with Gasteiger partial charge >= 0.3 is 44.1 Å². The summed E-state index contributed by atoms with van der Waals surface area (Å²) in [5.74, 6) is -5.61. The summed E-state index contributed by atoms with van der Waals surface area (Å²) in [6.45, 7) is 2.68. The number of esters is 1. The lowest BCUT2D eigenvalue weighted by Gasteiger charge is -2.33. The molecule has 30 heteroatoms. The van der Waals surface area contributed by atoms with E-state index in [2.05, 4.69) is 10.6 Å². The molecule has 4 rings (SSSR count). The van der Waals surface area contributed by atoms with Gasteiger partial charge in [-0.2, -0.15) is 17.6 Å². The normalized spacial score (nSPS) is 14.6. The number of furan rings is 2. The summed E-state index contributed by atoms with van der Waals surface area (Å²) in [5.41, 5.74) is -5.17. The minimum absolute atomic E-state index is 0.0984. The van der Waals surface area contributed by atoms with E-state index in [0.29, 0.717) is 12.8 Å². The number of carbonyl (C=O) groups is 4. The Labute approximate surface area is 449 Å². The topological polar surface area (TPSA) is 299 Å². The molecule has 3 amide bonds. The van der Waals surface area contributed by atoms with Gasteiger partial charge < -0.3 is 39.0 Å². The third kappa shape index (κ3) is 17.4. The molecule has 2 heterocycles. The van der Waals surface area contributed by atoms with Gasteiger partial charge in [0.1, 0.15) is 52.3 Å². The number of hydrogen-bond donors (Lipinski definition) is 3. The van der Waals surface area contributed by atoms with Gasteiger partial charge in [0.2, 0.25) is 17.7 Å². The third-order valence-electron chi connectivity index (χ3n) is 11.3. The molecule has 22 nitrogen and oxygen atoms in total. The Morgan fingerprint density at radius 1 is 0.688 bits per heavy atom. The lowest BCUT2D eigenvalue weighted by atomic mass is 10.0. The summed E-state index contributed by atoms with van der Waals surface area (Å²) in [4.78, 5) is 73.6. The fraction of sp³-hybridized carbons (Fsp3) is 0.489. The number of primary amides is 1. The van der Waals surface area contributed by atoms with Crippen LogP contribution in [0.25, 0.3) is 0 Å². The summed E-state index contributed by atoms with van der Waals surface area (Å²) in [6, 6.07) is 8.98. The standard InChI is InChI=1S/C47H59Cl2F4N7O15P2/c1-45(2,3)75-42(62)28-38(55-39(61)27-32-12-16-34(17-13-32)47(52,53)77(70,58(5)25-9-7-23-49)72-30-36-19-21-41(74-36)60(67)68)44(64)56-37(43(54)63)26-31-10-14-33(15-11-31)46(50,51)76(69,57(4)24-8-6-22-48)71-29-35-18-20-40(73-35)59(65)66/h10-21,37-38H,6-9,22-30H2,1-5H3,(H2,54,63)(H,55,61)(H,56,64)/t37-,38-,76?,77?/m0/s1. The molecule has 4 N–H and O–H groups in total. The van der Waals surface area contributed by atoms with Crippen LogP contribution in [-0.4, -0.2) is 99.5 Å². The number of nitrogens with two attached hydrogens (primary N) is 1. The van der Waals surface area contributed by atoms with Crippen molar-refractivity contribution < 1.29 is 78.3 Å². The van der Waals surface area contributed by atoms with Crippen LogP contribution in [0.1, 0.15) is 86.6 Å². The van der Waals surface area contributed by atoms with E-state index in [0.717, 1.165) is 96.2 Å². The molecule has 0 saturated heterocycles. The van der Waals surface area contributed by atoms with Crippen molar-refractivity contribution in [3.63, 3.8) is 0 Å². The number of nitro groups is 2. The van der Waals surface area contributed by atoms with Crippen molar-refractivity contribution in [2.45, 2.75) is 108 Å². The third-order valence-corrected chi connectivity index (χ3v) is 16.9. The smallest absolute Gasteiger partial charge is 0.433 e. The maximum atomic E-state index is 16.4. The zero-order valence-corrected chi connectivity index (χ0v) is 45.7. The second kappa shape index (κ2) is 27.7. The van der Waals surface area contributed by atoms with E-state index < -0.39 is 133 Å². The van der Waals surface area contributed by atoms with Crippen LogP contribution in [0, 0.1) is 20.2 Å². The average Bonchev–Trinajstić information content (AvgIpc) is 4.05. The highest BCUT2D eigenvalue weighted by Gasteiger charge is 2.57. The maximum absolute atomic E-state index is 16.4. The van der Waals surface area contributed by atoms with Gasteiger partial charge in [0, 0.05) is 42.4 Å². The van der Waals surface area contributed by atoms with Gasteiger partial charge in [0.15, 0.2) is 0 Å². The molecule has 2 aromatic heterocycles. The quantitative estimate of drug-likeness (QED) is 0.00779. The summed E-state index contributed by atoms with van der Waals surface area (Å²) in [7, 11) is -8.05. The number of carbonyl (C=O) groups excluding carboxylic acids is 4. The first kappa shape index (κ1) is 63.8. The number of unbranched alkanes of at least 4 members (excludes halogenated alkanes) is 2. The van der Waals surface area contributed by atoms with Gasteiger partial charge in [-0.15, -0.1) is 23.2 Å². The number of benzene rings is 2. The van der Waals surface area contributed by atoms with E-state index in [1.165, 1.54) is 20.8 Å². The lowest BCUT2D eigenvalue weighted by molar-refractivity contribution is -0.402. The van der Waals surface area contributed by atoms with Crippen molar-refractivity contribution in [2.75, 3.05) is 38.9 Å². The van der Waals surface area contributed by atoms with E-state index >= 15 is 17.6 Å². The molecule has 424 valence electrons. The lowest BCUT2D eigenvalue weighted by Crippen LogP contribution is -2.54. The fourth-order valence-corrected chi connectivity index (χ4v) is 11.5. The van der Waals surface area contributed by atoms with Gasteiger partial charge in [-0.25, -0.2) is 9.34 Å². The van der Waals surface area contributed by atoms with Crippen LogP contribution in [-0.2, 0) is 79.5 Å². The number of nitrogens with zero attached hydrogens (tertiary/aromatic N) is 4. The van der Waals surface area contributed by atoms with Gasteiger partial charge in [0.25, 0.3) is 0 Å². The van der Waals surface area contributed by atoms with Gasteiger partial charge in [-0.3, -0.25) is 48.5 Å². The predicted molar refractivity (Wildman–Crippen MR) is 272 cm³/mol. The zero-order valence-electron chi connectivity index (χ0n) is 42.4. The van der Waals surface area contributed by atoms with Crippen LogP contribution in [0.15, 0.2) is 81.6 Å². The molecular formula is C47H59Cl2F4N7O15P2. The Morgan fingerprint density at radius 2 is 1.12 bits per heavy atom. The Kier molecular flexibility index (Phi) is 23.0. The average molecular weight is 1170 g/mol. The van der Waals surface area contributed by atoms with Crippen LogP contribution >= 0.6 is 38.2 Å². The molecule has 0 aliphatic rings. The summed E-state index contributed by atoms with van der Waals surface area (Å²) in [5, 5.41) is 26.9. The molecule has 0 fully saturated rings. The van der Waals surface area contributed by atoms with Crippen LogP contribution in [0.5, 0.6) is 0 Å². The van der Waals surface area contributed by atoms with Crippen LogP contribution in [0.2, 0.25) is 0 Å². The van der Waals surface area contributed by atoms with Crippen molar-refractivity contribution in [3.05, 3.63) is 127 Å². The molecule has 2 unspecified atom stereocenters. The van der Waals surface area contributed by atoms with Crippen molar-refractivity contribution in [1.29, 1.82) is 0 Å². The number of ether oxygens (including phenoxy) is 1. The molecule has 4 aromatic rings. The Balaban J connectivity index is 1.53. The summed E-state index contributed by atoms with van der Waals surface area (Å²) < 4.78 is 122. The minimum atomic E-state index is -5.18. The van der Waals surface area contributed by atoms with Crippen molar-refractivity contribution in [1.82, 2.24) is 20.0 Å². The monoisotopic (exact) mass is 1170 g/mol. The maximum Gasteiger partial charge on any atom is 0.433 e. The predicted octanol–water partition coefficient (Wildman–Crippen LogP) is 9.48. The summed E-state index contributed by atoms with van der Waals surface area (Å²) in [6.07, 6.45) is -0.495. The number of hydrogen-bond acceptors (Lipinski definition) is 15. The number of halogens is 6. The molecule has 0 spiro atoms. The van der Waals surface area contributed by atoms with Crippen molar-refractivity contribution in [3.8, 4) is 0 Å². The van der Waals surface area contributed by atoms with Crippen molar-refractivity contribution in [2.24, 2.45) is 5.73 Å². The highest BCUT2D eigenvalue weighted by Crippen LogP contribution is 2.69. The second-order valence-electron chi connectivity index (χ2n) is 18.4. The summed E-state index contributed by atoms with van der Waals surface area (Å²) >= 11 is 11.5. The van der Waals surface area contributed by atoms with E-state index in [4.69, 9.17) is 51.6 Å². The van der Waals surface area contributed by atoms with Crippen molar-refractivity contribution >= 4 is 73.7 Å². The molecule has 2 aromatic carbocycles. The minimum Gasteiger partial charge on any atom is -0.460 e. The van der Waals surface area contributed by atoms with Crippen LogP contribution in [0.4, 0.5) is 29.3 Å². The van der Waals surface area contributed by atoms with E-state index in [9.17, 15) is 48.5 Å². The van der Waals surface area contributed by atoms with Crippen LogP contribution < -0.4 is 16.4 Å². The van der Waals surface area contributed by atoms with E-state index in [-0.39, 0.29) is 60.3 Å². The second-order valence-corrected chi connectivity index (χ2v) is 24.2. The van der Waals surface area contributed by atoms with E-state index in [1.807, 2.05) is 0 Å². The largest absolute Gasteiger partial charge is 0.460 e. The first-order chi connectivity index (χ1) is 36.0. The Hall–Kier alpha value is -5.72. The fourth-order valence-electron chi connectivity index (χ4n) is 7.22. The molecule has 0 radical (unpaired) electrons. The van der Waals surface area contributed by atoms with Gasteiger partial charge in [-0.1, -0.05) is 48.5 Å². The first-order valence-electron chi connectivity index (χ1n) is 23.5. The number of nitrogens with one attached hydrogen (secondary N) is 2. The molecule has 0 aliphatic heterocycles. The SMILES string of the molecule is CN(CCCCCl)P(=O)(OCc1ccc([N+](=O)[O-])o1)C(F)(F)c1ccc(CC(=O)N[C@@H](CC(=O)OC(C)(C)C)C(=O)N[C@@H](Cc2ccc(C(F)(F)P(=O)(OCc3ccc([N+](=O)[O-])o3)N(C)CCCCCl)cc2)C(N)=O)cc1. The molecule has 0 aliphatic carbocycles. The molecule has 77 heavy (non-hydrogen) atoms. The van der Waals surface area contributed by atoms with Gasteiger partial charge in [0.05, 0.1) is 25.0 Å². The van der Waals surface area contributed by atoms with E-state index in [1.54, 1.807) is 0 Å². The highest BCUT2D eigenvalue weighted by molar-refractivity contribution is 7.57. The zero-order chi connectivity index (χ0) is 57.5. The molecule has 4 atom stereocenters. The molecule has 0 saturated carbocycles. The Morgan fingerprint density at radius 3 is 1.49 bits per heavy atom. The Bertz CT molecular complexity index is 2780. The molecule has 0 bridgehead atoms.